The van der Waals surface area contributed by atoms with E-state index in [4.69, 9.17) is 0 Å². The molecule has 1 aromatic rings. The Morgan fingerprint density at radius 2 is 2.50 bits per heavy atom. The van der Waals surface area contributed by atoms with Crippen molar-refractivity contribution in [3.05, 3.63) is 18.2 Å². The molecular formula is C12H19N3S. The van der Waals surface area contributed by atoms with Crippen molar-refractivity contribution in [1.82, 2.24) is 14.9 Å². The van der Waals surface area contributed by atoms with Crippen LogP contribution in [0.25, 0.3) is 0 Å². The van der Waals surface area contributed by atoms with Gasteiger partial charge >= 0.3 is 0 Å². The molecule has 3 heterocycles. The largest absolute Gasteiger partial charge is 0.333 e. The Balaban J connectivity index is 1.71. The molecular weight excluding hydrogens is 218 g/mol. The number of rotatable bonds is 3. The molecule has 0 amide bonds. The molecule has 2 unspecified atom stereocenters. The lowest BCUT2D eigenvalue weighted by molar-refractivity contribution is 0.463. The molecule has 0 aliphatic carbocycles. The van der Waals surface area contributed by atoms with E-state index in [1.165, 1.54) is 43.0 Å². The molecule has 4 heteroatoms. The normalized spacial score (nSPS) is 30.0. The van der Waals surface area contributed by atoms with Crippen LogP contribution >= 0.6 is 11.8 Å². The minimum Gasteiger partial charge on any atom is -0.333 e. The van der Waals surface area contributed by atoms with Crippen molar-refractivity contribution in [2.24, 2.45) is 5.92 Å². The molecule has 2 aliphatic rings. The van der Waals surface area contributed by atoms with Crippen LogP contribution in [0.15, 0.2) is 12.5 Å². The van der Waals surface area contributed by atoms with Crippen molar-refractivity contribution in [2.45, 2.75) is 31.8 Å². The number of imidazole rings is 1. The van der Waals surface area contributed by atoms with E-state index in [9.17, 15) is 0 Å². The van der Waals surface area contributed by atoms with E-state index in [-0.39, 0.29) is 0 Å². The molecule has 3 rings (SSSR count). The molecule has 2 atom stereocenters. The molecule has 0 radical (unpaired) electrons. The summed E-state index contributed by atoms with van der Waals surface area (Å²) >= 11 is 2.09. The van der Waals surface area contributed by atoms with Crippen LogP contribution in [0.4, 0.5) is 0 Å². The zero-order valence-electron chi connectivity index (χ0n) is 9.56. The lowest BCUT2D eigenvalue weighted by Crippen LogP contribution is -2.19. The van der Waals surface area contributed by atoms with Gasteiger partial charge in [0.05, 0.1) is 12.0 Å². The van der Waals surface area contributed by atoms with E-state index >= 15 is 0 Å². The quantitative estimate of drug-likeness (QED) is 0.872. The van der Waals surface area contributed by atoms with E-state index in [0.717, 1.165) is 12.5 Å². The number of nitrogens with one attached hydrogen (secondary N) is 1. The molecule has 0 saturated carbocycles. The van der Waals surface area contributed by atoms with Crippen LogP contribution in [0.2, 0.25) is 0 Å². The van der Waals surface area contributed by atoms with Crippen LogP contribution in [0.5, 0.6) is 0 Å². The maximum absolute atomic E-state index is 4.32. The molecule has 2 aliphatic heterocycles. The summed E-state index contributed by atoms with van der Waals surface area (Å²) in [6.45, 7) is 2.33. The Labute approximate surface area is 101 Å². The number of aromatic nitrogens is 2. The van der Waals surface area contributed by atoms with Crippen LogP contribution in [-0.2, 0) is 6.54 Å². The van der Waals surface area contributed by atoms with Gasteiger partial charge in [0.25, 0.3) is 0 Å². The van der Waals surface area contributed by atoms with Gasteiger partial charge in [-0.3, -0.25) is 0 Å². The van der Waals surface area contributed by atoms with Gasteiger partial charge < -0.3 is 9.88 Å². The van der Waals surface area contributed by atoms with Gasteiger partial charge in [-0.2, -0.15) is 11.8 Å². The van der Waals surface area contributed by atoms with Crippen LogP contribution < -0.4 is 5.32 Å². The summed E-state index contributed by atoms with van der Waals surface area (Å²) in [6.07, 6.45) is 8.00. The third kappa shape index (κ3) is 2.13. The lowest BCUT2D eigenvalue weighted by atomic mass is 10.1. The van der Waals surface area contributed by atoms with Crippen LogP contribution in [-0.4, -0.2) is 27.6 Å². The van der Waals surface area contributed by atoms with Crippen LogP contribution in [0, 0.1) is 5.92 Å². The van der Waals surface area contributed by atoms with Gasteiger partial charge in [-0.15, -0.1) is 0 Å². The summed E-state index contributed by atoms with van der Waals surface area (Å²) in [7, 11) is 0. The van der Waals surface area contributed by atoms with Crippen LogP contribution in [0.3, 0.4) is 0 Å². The van der Waals surface area contributed by atoms with Crippen molar-refractivity contribution < 1.29 is 0 Å². The molecule has 0 spiro atoms. The highest BCUT2D eigenvalue weighted by atomic mass is 32.2. The minimum atomic E-state index is 0.552. The summed E-state index contributed by atoms with van der Waals surface area (Å²) in [5, 5.41) is 3.56. The number of hydrogen-bond donors (Lipinski definition) is 1. The molecule has 3 nitrogen and oxygen atoms in total. The Bertz CT molecular complexity index is 338. The van der Waals surface area contributed by atoms with Gasteiger partial charge in [0.2, 0.25) is 0 Å². The van der Waals surface area contributed by atoms with Crippen LogP contribution in [0.1, 0.15) is 31.0 Å². The Hall–Kier alpha value is -0.480. The first-order valence-corrected chi connectivity index (χ1v) is 7.40. The third-order valence-corrected chi connectivity index (χ3v) is 4.87. The maximum atomic E-state index is 4.32. The SMILES string of the molecule is c1ncn(CC2CCSC2)c1C1CCCN1. The summed E-state index contributed by atoms with van der Waals surface area (Å²) in [5.41, 5.74) is 1.40. The minimum absolute atomic E-state index is 0.552. The highest BCUT2D eigenvalue weighted by molar-refractivity contribution is 7.99. The molecule has 2 fully saturated rings. The number of nitrogens with zero attached hydrogens (tertiary/aromatic N) is 2. The van der Waals surface area contributed by atoms with E-state index in [0.29, 0.717) is 6.04 Å². The zero-order chi connectivity index (χ0) is 10.8. The average Bonchev–Trinajstić information content (AvgIpc) is 2.98. The highest BCUT2D eigenvalue weighted by Crippen LogP contribution is 2.27. The third-order valence-electron chi connectivity index (χ3n) is 3.64. The smallest absolute Gasteiger partial charge is 0.0948 e. The second-order valence-corrected chi connectivity index (χ2v) is 6.00. The molecule has 16 heavy (non-hydrogen) atoms. The Morgan fingerprint density at radius 1 is 1.50 bits per heavy atom. The highest BCUT2D eigenvalue weighted by Gasteiger charge is 2.22. The van der Waals surface area contributed by atoms with Gasteiger partial charge in [-0.25, -0.2) is 4.98 Å². The van der Waals surface area contributed by atoms with E-state index in [1.807, 2.05) is 12.5 Å². The van der Waals surface area contributed by atoms with Crippen molar-refractivity contribution in [2.75, 3.05) is 18.1 Å². The summed E-state index contributed by atoms with van der Waals surface area (Å²) in [4.78, 5) is 4.32. The average molecular weight is 237 g/mol. The molecule has 2 saturated heterocycles. The molecule has 0 aromatic carbocycles. The fourth-order valence-corrected chi connectivity index (χ4v) is 3.99. The predicted octanol–water partition coefficient (Wildman–Crippen LogP) is 2.06. The molecule has 1 N–H and O–H groups in total. The first-order chi connectivity index (χ1) is 7.93. The Morgan fingerprint density at radius 3 is 3.25 bits per heavy atom. The van der Waals surface area contributed by atoms with E-state index in [2.05, 4.69) is 26.6 Å². The number of hydrogen-bond acceptors (Lipinski definition) is 3. The number of thioether (sulfide) groups is 1. The van der Waals surface area contributed by atoms with Gasteiger partial charge in [-0.1, -0.05) is 0 Å². The monoisotopic (exact) mass is 237 g/mol. The maximum Gasteiger partial charge on any atom is 0.0948 e. The van der Waals surface area contributed by atoms with Crippen molar-refractivity contribution in [1.29, 1.82) is 0 Å². The van der Waals surface area contributed by atoms with Crippen molar-refractivity contribution in [3.8, 4) is 0 Å². The van der Waals surface area contributed by atoms with Gasteiger partial charge in [0.15, 0.2) is 0 Å². The predicted molar refractivity (Wildman–Crippen MR) is 67.6 cm³/mol. The first kappa shape index (κ1) is 10.7. The van der Waals surface area contributed by atoms with Crippen molar-refractivity contribution >= 4 is 11.8 Å². The lowest BCUT2D eigenvalue weighted by Gasteiger charge is -2.16. The summed E-state index contributed by atoms with van der Waals surface area (Å²) < 4.78 is 2.37. The van der Waals surface area contributed by atoms with Gasteiger partial charge in [0.1, 0.15) is 0 Å². The van der Waals surface area contributed by atoms with E-state index in [1.54, 1.807) is 0 Å². The zero-order valence-corrected chi connectivity index (χ0v) is 10.4. The first-order valence-electron chi connectivity index (χ1n) is 6.24. The van der Waals surface area contributed by atoms with Gasteiger partial charge in [-0.05, 0) is 43.2 Å². The van der Waals surface area contributed by atoms with Gasteiger partial charge in [0, 0.05) is 18.8 Å². The second kappa shape index (κ2) is 4.80. The van der Waals surface area contributed by atoms with Crippen molar-refractivity contribution in [3.63, 3.8) is 0 Å². The molecule has 1 aromatic heterocycles. The topological polar surface area (TPSA) is 29.9 Å². The summed E-state index contributed by atoms with van der Waals surface area (Å²) in [5.74, 6) is 3.53. The second-order valence-electron chi connectivity index (χ2n) is 4.85. The summed E-state index contributed by atoms with van der Waals surface area (Å²) in [6, 6.07) is 0.552. The Kier molecular flexibility index (Phi) is 3.20. The molecule has 0 bridgehead atoms. The van der Waals surface area contributed by atoms with E-state index < -0.39 is 0 Å². The standard InChI is InChI=1S/C12H19N3S/c1-2-11(14-4-1)12-6-13-9-15(12)7-10-3-5-16-8-10/h6,9-11,14H,1-5,7-8H2. The fraction of sp³-hybridized carbons (Fsp3) is 0.750. The molecule has 88 valence electrons. The fourth-order valence-electron chi connectivity index (χ4n) is 2.72.